The Balaban J connectivity index is 2.36. The van der Waals surface area contributed by atoms with Crippen LogP contribution >= 0.6 is 0 Å². The molecule has 4 heteroatoms. The zero-order valence-corrected chi connectivity index (χ0v) is 14.2. The highest BCUT2D eigenvalue weighted by Crippen LogP contribution is 2.04. The lowest BCUT2D eigenvalue weighted by atomic mass is 10.2. The summed E-state index contributed by atoms with van der Waals surface area (Å²) in [4.78, 5) is 7.47. The normalized spacial score (nSPS) is 28.5. The van der Waals surface area contributed by atoms with Crippen LogP contribution in [-0.2, 0) is 0 Å². The highest BCUT2D eigenvalue weighted by atomic mass is 15.1. The van der Waals surface area contributed by atoms with Gasteiger partial charge in [-0.3, -0.25) is 0 Å². The monoisotopic (exact) mass is 284 g/mol. The minimum Gasteiger partial charge on any atom is -0.317 e. The summed E-state index contributed by atoms with van der Waals surface area (Å²) < 4.78 is 0. The molecule has 20 heavy (non-hydrogen) atoms. The maximum Gasteiger partial charge on any atom is 0.00760 e. The van der Waals surface area contributed by atoms with Crippen LogP contribution in [0.1, 0.15) is 32.6 Å². The summed E-state index contributed by atoms with van der Waals surface area (Å²) in [5.41, 5.74) is 0. The highest BCUT2D eigenvalue weighted by Gasteiger charge is 2.10. The molecule has 0 aliphatic carbocycles. The van der Waals surface area contributed by atoms with Gasteiger partial charge in [0.1, 0.15) is 0 Å². The van der Waals surface area contributed by atoms with E-state index in [1.54, 1.807) is 0 Å². The quantitative estimate of drug-likeness (QED) is 0.724. The Morgan fingerprint density at radius 1 is 0.750 bits per heavy atom. The Labute approximate surface area is 126 Å². The number of nitrogens with one attached hydrogen (secondary N) is 1. The minimum atomic E-state index is 0.689. The van der Waals surface area contributed by atoms with Crippen molar-refractivity contribution >= 4 is 0 Å². The van der Waals surface area contributed by atoms with E-state index in [1.165, 1.54) is 58.4 Å². The van der Waals surface area contributed by atoms with Crippen LogP contribution < -0.4 is 5.32 Å². The van der Waals surface area contributed by atoms with E-state index in [0.29, 0.717) is 6.04 Å². The van der Waals surface area contributed by atoms with Gasteiger partial charge in [-0.2, -0.15) is 0 Å². The lowest BCUT2D eigenvalue weighted by Crippen LogP contribution is -2.36. The van der Waals surface area contributed by atoms with Crippen LogP contribution in [0.5, 0.6) is 0 Å². The van der Waals surface area contributed by atoms with Crippen LogP contribution in [0.3, 0.4) is 0 Å². The van der Waals surface area contributed by atoms with Crippen LogP contribution in [0.15, 0.2) is 0 Å². The fourth-order valence-electron chi connectivity index (χ4n) is 2.73. The predicted octanol–water partition coefficient (Wildman–Crippen LogP) is 1.33. The van der Waals surface area contributed by atoms with Gasteiger partial charge >= 0.3 is 0 Å². The third-order valence-electron chi connectivity index (χ3n) is 4.52. The van der Waals surface area contributed by atoms with E-state index >= 15 is 0 Å². The van der Waals surface area contributed by atoms with Gasteiger partial charge in [-0.25, -0.2) is 0 Å². The molecule has 0 spiro atoms. The van der Waals surface area contributed by atoms with E-state index in [4.69, 9.17) is 0 Å². The molecule has 4 nitrogen and oxygen atoms in total. The third kappa shape index (κ3) is 8.20. The van der Waals surface area contributed by atoms with Crippen molar-refractivity contribution in [3.63, 3.8) is 0 Å². The molecule has 1 aliphatic rings. The molecule has 1 heterocycles. The van der Waals surface area contributed by atoms with Crippen LogP contribution in [0.25, 0.3) is 0 Å². The molecule has 1 atom stereocenters. The number of nitrogens with zero attached hydrogens (tertiary/aromatic N) is 3. The van der Waals surface area contributed by atoms with E-state index < -0.39 is 0 Å². The molecule has 0 amide bonds. The lowest BCUT2D eigenvalue weighted by Gasteiger charge is -2.28. The first-order valence-corrected chi connectivity index (χ1v) is 8.37. The molecule has 0 aromatic rings. The van der Waals surface area contributed by atoms with Gasteiger partial charge in [0.15, 0.2) is 0 Å². The van der Waals surface area contributed by atoms with Gasteiger partial charge < -0.3 is 20.0 Å². The Hall–Kier alpha value is -0.160. The number of hydrogen-bond acceptors (Lipinski definition) is 4. The third-order valence-corrected chi connectivity index (χ3v) is 4.52. The second-order valence-electron chi connectivity index (χ2n) is 6.54. The van der Waals surface area contributed by atoms with Gasteiger partial charge in [0, 0.05) is 6.04 Å². The number of rotatable bonds is 0. The SMILES string of the molecule is CC1CCN(C)CCCNCCCN(C)CCCN1C. The van der Waals surface area contributed by atoms with Gasteiger partial charge in [0.25, 0.3) is 0 Å². The van der Waals surface area contributed by atoms with Crippen LogP contribution in [0, 0.1) is 0 Å². The maximum atomic E-state index is 3.56. The fourth-order valence-corrected chi connectivity index (χ4v) is 2.73. The van der Waals surface area contributed by atoms with Crippen molar-refractivity contribution in [3.05, 3.63) is 0 Å². The lowest BCUT2D eigenvalue weighted by molar-refractivity contribution is 0.203. The molecular formula is C16H36N4. The second-order valence-corrected chi connectivity index (χ2v) is 6.54. The smallest absolute Gasteiger partial charge is 0.00760 e. The largest absolute Gasteiger partial charge is 0.317 e. The first-order valence-electron chi connectivity index (χ1n) is 8.37. The van der Waals surface area contributed by atoms with Gasteiger partial charge in [-0.05, 0) is 99.6 Å². The topological polar surface area (TPSA) is 21.8 Å². The van der Waals surface area contributed by atoms with Crippen molar-refractivity contribution in [2.45, 2.75) is 38.6 Å². The number of hydrogen-bond donors (Lipinski definition) is 1. The van der Waals surface area contributed by atoms with Crippen molar-refractivity contribution in [1.29, 1.82) is 0 Å². The average Bonchev–Trinajstić information content (AvgIpc) is 2.42. The molecule has 120 valence electrons. The van der Waals surface area contributed by atoms with E-state index in [2.05, 4.69) is 48.1 Å². The van der Waals surface area contributed by atoms with Gasteiger partial charge in [0.2, 0.25) is 0 Å². The first kappa shape index (κ1) is 17.9. The van der Waals surface area contributed by atoms with E-state index in [-0.39, 0.29) is 0 Å². The molecule has 1 fully saturated rings. The molecular weight excluding hydrogens is 248 g/mol. The molecule has 0 radical (unpaired) electrons. The summed E-state index contributed by atoms with van der Waals surface area (Å²) in [7, 11) is 6.78. The Kier molecular flexibility index (Phi) is 9.44. The molecule has 1 unspecified atom stereocenters. The zero-order chi connectivity index (χ0) is 14.8. The van der Waals surface area contributed by atoms with E-state index in [9.17, 15) is 0 Å². The molecule has 1 aliphatic heterocycles. The fraction of sp³-hybridized carbons (Fsp3) is 1.00. The predicted molar refractivity (Wildman–Crippen MR) is 88.4 cm³/mol. The standard InChI is InChI=1S/C16H36N4/c1-16-8-15-19(3)12-6-10-17-9-5-11-18(2)13-7-14-20(16)4/h16-17H,5-15H2,1-4H3. The molecule has 0 aromatic heterocycles. The summed E-state index contributed by atoms with van der Waals surface area (Å²) in [6.07, 6.45) is 5.08. The van der Waals surface area contributed by atoms with Crippen LogP contribution in [0.4, 0.5) is 0 Å². The Morgan fingerprint density at radius 2 is 1.30 bits per heavy atom. The summed E-state index contributed by atoms with van der Waals surface area (Å²) >= 11 is 0. The van der Waals surface area contributed by atoms with Crippen molar-refractivity contribution < 1.29 is 0 Å². The summed E-state index contributed by atoms with van der Waals surface area (Å²) in [5, 5.41) is 3.56. The van der Waals surface area contributed by atoms with Crippen molar-refractivity contribution in [2.75, 3.05) is 67.0 Å². The van der Waals surface area contributed by atoms with Gasteiger partial charge in [-0.15, -0.1) is 0 Å². The second kappa shape index (κ2) is 10.6. The van der Waals surface area contributed by atoms with Crippen LogP contribution in [-0.4, -0.2) is 87.7 Å². The Bertz CT molecular complexity index is 235. The summed E-state index contributed by atoms with van der Waals surface area (Å²) in [6.45, 7) is 10.8. The Morgan fingerprint density at radius 3 is 1.95 bits per heavy atom. The molecule has 0 saturated carbocycles. The van der Waals surface area contributed by atoms with Gasteiger partial charge in [-0.1, -0.05) is 0 Å². The highest BCUT2D eigenvalue weighted by molar-refractivity contribution is 4.67. The van der Waals surface area contributed by atoms with Crippen LogP contribution in [0.2, 0.25) is 0 Å². The maximum absolute atomic E-state index is 3.56. The van der Waals surface area contributed by atoms with E-state index in [0.717, 1.165) is 13.1 Å². The van der Waals surface area contributed by atoms with Crippen molar-refractivity contribution in [2.24, 2.45) is 0 Å². The molecule has 1 N–H and O–H groups in total. The summed E-state index contributed by atoms with van der Waals surface area (Å²) in [5.74, 6) is 0. The van der Waals surface area contributed by atoms with E-state index in [1.807, 2.05) is 0 Å². The average molecular weight is 284 g/mol. The molecule has 1 saturated heterocycles. The van der Waals surface area contributed by atoms with Crippen molar-refractivity contribution in [3.8, 4) is 0 Å². The van der Waals surface area contributed by atoms with Crippen molar-refractivity contribution in [1.82, 2.24) is 20.0 Å². The summed E-state index contributed by atoms with van der Waals surface area (Å²) in [6, 6.07) is 0.689. The first-order chi connectivity index (χ1) is 9.59. The molecule has 0 bridgehead atoms. The molecule has 0 aromatic carbocycles. The van der Waals surface area contributed by atoms with Gasteiger partial charge in [0.05, 0.1) is 0 Å². The molecule has 1 rings (SSSR count). The zero-order valence-electron chi connectivity index (χ0n) is 14.2. The minimum absolute atomic E-state index is 0.689.